The maximum atomic E-state index is 12.9. The minimum atomic E-state index is -2.66. The predicted molar refractivity (Wildman–Crippen MR) is 149 cm³/mol. The smallest absolute Gasteiger partial charge is 1.00 e. The number of carbonyl (C=O) groups excluding carboxylic acids is 1. The van der Waals surface area contributed by atoms with Gasteiger partial charge in [-0.25, -0.2) is 4.79 Å². The Morgan fingerprint density at radius 1 is 0.947 bits per heavy atom. The van der Waals surface area contributed by atoms with Crippen molar-refractivity contribution in [2.45, 2.75) is 64.3 Å². The first-order valence-electron chi connectivity index (χ1n) is 12.9. The fraction of sp³-hybridized carbons (Fsp3) is 0.355. The molecule has 7 heteroatoms. The molecule has 0 bridgehead atoms. The van der Waals surface area contributed by atoms with Crippen molar-refractivity contribution in [1.29, 1.82) is 0 Å². The third-order valence-corrected chi connectivity index (χ3v) is 12.1. The number of amides is 1. The van der Waals surface area contributed by atoms with Crippen molar-refractivity contribution in [1.82, 2.24) is 4.90 Å². The molecular formula is C31H38ClHgNO3Si. The van der Waals surface area contributed by atoms with Gasteiger partial charge in [0.25, 0.3) is 8.32 Å². The zero-order valence-corrected chi connectivity index (χ0v) is 30.2. The van der Waals surface area contributed by atoms with E-state index in [0.29, 0.717) is 6.54 Å². The number of rotatable bonds is 8. The van der Waals surface area contributed by atoms with Crippen LogP contribution in [0.5, 0.6) is 0 Å². The summed E-state index contributed by atoms with van der Waals surface area (Å²) in [6, 6.07) is 31.2. The van der Waals surface area contributed by atoms with Gasteiger partial charge in [-0.2, -0.15) is 0 Å². The van der Waals surface area contributed by atoms with Crippen LogP contribution in [0, 0.1) is 6.42 Å². The van der Waals surface area contributed by atoms with E-state index in [-0.39, 0.29) is 70.0 Å². The molecule has 38 heavy (non-hydrogen) atoms. The molecule has 4 rings (SSSR count). The van der Waals surface area contributed by atoms with Gasteiger partial charge in [-0.15, -0.1) is 0 Å². The minimum absolute atomic E-state index is 0. The van der Waals surface area contributed by atoms with Crippen molar-refractivity contribution < 1.29 is 54.0 Å². The largest absolute Gasteiger partial charge is 1.00 e. The molecule has 0 spiro atoms. The number of ether oxygens (including phenoxy) is 1. The number of hydrogen-bond acceptors (Lipinski definition) is 3. The summed E-state index contributed by atoms with van der Waals surface area (Å²) in [5, 5.41) is 2.42. The minimum Gasteiger partial charge on any atom is -1.00 e. The molecular weight excluding hydrogens is 698 g/mol. The van der Waals surface area contributed by atoms with Gasteiger partial charge >= 0.3 is 33.8 Å². The van der Waals surface area contributed by atoms with Crippen LogP contribution in [0.3, 0.4) is 0 Å². The average Bonchev–Trinajstić information content (AvgIpc) is 3.35. The van der Waals surface area contributed by atoms with E-state index in [9.17, 15) is 4.79 Å². The molecule has 1 heterocycles. The SMILES string of the molecule is C[C@@H]([CH][C@H]1CCCN1C(=O)OCc1ccccc1)O[Si](c1ccccc1)(c1ccccc1)C(C)(C)C.[Cl-].[Hg+]. The van der Waals surface area contributed by atoms with Crippen molar-refractivity contribution >= 4 is 24.8 Å². The molecule has 1 saturated heterocycles. The zero-order chi connectivity index (χ0) is 25.6. The Hall–Kier alpha value is -1.67. The zero-order valence-electron chi connectivity index (χ0n) is 23.0. The third kappa shape index (κ3) is 7.50. The number of likely N-dealkylation sites (tertiary alicyclic amines) is 1. The Bertz CT molecular complexity index is 1070. The standard InChI is InChI=1S/C31H38NO3Si.ClH.Hg/c1-25(23-27-17-14-22-32(27)30(33)34-24-26-15-8-5-9-16-26)35-36(31(2,3)4,28-18-10-6-11-19-28)29-20-12-7-13-21-29;;/h5-13,15-16,18-21,23,25,27H,14,17,22,24H2,1-4H3;1H;/q;;+1/p-1/t25-,27+;;/m0../s1. The van der Waals surface area contributed by atoms with Crippen LogP contribution < -0.4 is 22.8 Å². The van der Waals surface area contributed by atoms with Crippen molar-refractivity contribution in [2.24, 2.45) is 0 Å². The van der Waals surface area contributed by atoms with Crippen molar-refractivity contribution in [3.8, 4) is 0 Å². The van der Waals surface area contributed by atoms with Crippen LogP contribution in [0.4, 0.5) is 4.79 Å². The van der Waals surface area contributed by atoms with E-state index in [0.717, 1.165) is 18.4 Å². The van der Waals surface area contributed by atoms with E-state index >= 15 is 0 Å². The summed E-state index contributed by atoms with van der Waals surface area (Å²) in [6.07, 6.45) is 3.71. The second-order valence-corrected chi connectivity index (χ2v) is 14.9. The van der Waals surface area contributed by atoms with Gasteiger partial charge in [0.15, 0.2) is 0 Å². The average molecular weight is 737 g/mol. The first-order valence-corrected chi connectivity index (χ1v) is 14.8. The fourth-order valence-electron chi connectivity index (χ4n) is 5.34. The molecule has 0 unspecified atom stereocenters. The van der Waals surface area contributed by atoms with Gasteiger partial charge in [0.05, 0.1) is 0 Å². The summed E-state index contributed by atoms with van der Waals surface area (Å²) < 4.78 is 12.9. The molecule has 0 N–H and O–H groups in total. The number of benzene rings is 3. The number of hydrogen-bond donors (Lipinski definition) is 0. The van der Waals surface area contributed by atoms with Gasteiger partial charge in [0, 0.05) is 25.1 Å². The van der Waals surface area contributed by atoms with Crippen LogP contribution in [0.15, 0.2) is 91.0 Å². The van der Waals surface area contributed by atoms with Gasteiger partial charge in [-0.3, -0.25) is 0 Å². The molecule has 1 fully saturated rings. The Morgan fingerprint density at radius 2 is 1.45 bits per heavy atom. The van der Waals surface area contributed by atoms with Gasteiger partial charge in [-0.05, 0) is 40.7 Å². The Morgan fingerprint density at radius 3 is 1.95 bits per heavy atom. The van der Waals surface area contributed by atoms with E-state index in [1.165, 1.54) is 10.4 Å². The molecule has 198 valence electrons. The van der Waals surface area contributed by atoms with E-state index in [1.54, 1.807) is 0 Å². The summed E-state index contributed by atoms with van der Waals surface area (Å²) in [7, 11) is -2.66. The molecule has 3 aromatic carbocycles. The van der Waals surface area contributed by atoms with E-state index < -0.39 is 8.32 Å². The maximum Gasteiger partial charge on any atom is 1.00 e. The van der Waals surface area contributed by atoms with Crippen LogP contribution in [-0.4, -0.2) is 38.0 Å². The second kappa shape index (κ2) is 14.6. The second-order valence-electron chi connectivity index (χ2n) is 10.6. The van der Waals surface area contributed by atoms with Crippen LogP contribution in [-0.2, 0) is 43.4 Å². The molecule has 4 nitrogen and oxygen atoms in total. The molecule has 0 aromatic heterocycles. The van der Waals surface area contributed by atoms with Crippen molar-refractivity contribution in [3.05, 3.63) is 103 Å². The first-order chi connectivity index (χ1) is 17.3. The third-order valence-electron chi connectivity index (χ3n) is 7.01. The number of halogens is 1. The molecule has 2 atom stereocenters. The molecule has 1 aliphatic heterocycles. The predicted octanol–water partition coefficient (Wildman–Crippen LogP) is 2.96. The maximum absolute atomic E-state index is 12.9. The molecule has 3 aromatic rings. The number of nitrogens with zero attached hydrogens (tertiary/aromatic N) is 1. The summed E-state index contributed by atoms with van der Waals surface area (Å²) >= 11 is 0. The molecule has 1 amide bonds. The van der Waals surface area contributed by atoms with Crippen LogP contribution in [0.2, 0.25) is 5.04 Å². The molecule has 1 aliphatic rings. The fourth-order valence-corrected chi connectivity index (χ4v) is 9.99. The Kier molecular flexibility index (Phi) is 12.5. The molecule has 2 radical (unpaired) electrons. The summed E-state index contributed by atoms with van der Waals surface area (Å²) in [6.45, 7) is 9.97. The summed E-state index contributed by atoms with van der Waals surface area (Å²) in [5.41, 5.74) is 0.994. The quantitative estimate of drug-likeness (QED) is 0.335. The summed E-state index contributed by atoms with van der Waals surface area (Å²) in [4.78, 5) is 14.8. The van der Waals surface area contributed by atoms with E-state index in [1.807, 2.05) is 35.2 Å². The monoisotopic (exact) mass is 737 g/mol. The van der Waals surface area contributed by atoms with E-state index in [2.05, 4.69) is 94.8 Å². The normalized spacial score (nSPS) is 16.2. The van der Waals surface area contributed by atoms with Crippen molar-refractivity contribution in [2.75, 3.05) is 6.54 Å². The van der Waals surface area contributed by atoms with Crippen molar-refractivity contribution in [3.63, 3.8) is 0 Å². The molecule has 0 saturated carbocycles. The van der Waals surface area contributed by atoms with Gasteiger partial charge < -0.3 is 26.5 Å². The van der Waals surface area contributed by atoms with Gasteiger partial charge in [-0.1, -0.05) is 112 Å². The van der Waals surface area contributed by atoms with Gasteiger partial charge in [0.1, 0.15) is 6.61 Å². The van der Waals surface area contributed by atoms with Gasteiger partial charge in [0.2, 0.25) is 0 Å². The Labute approximate surface area is 256 Å². The molecule has 0 aliphatic carbocycles. The van der Waals surface area contributed by atoms with Crippen LogP contribution in [0.25, 0.3) is 0 Å². The number of carbonyl (C=O) groups is 1. The van der Waals surface area contributed by atoms with Crippen LogP contribution >= 0.6 is 0 Å². The first kappa shape index (κ1) is 32.5. The Balaban J connectivity index is 0.00000253. The topological polar surface area (TPSA) is 38.8 Å². The van der Waals surface area contributed by atoms with Crippen LogP contribution in [0.1, 0.15) is 46.1 Å². The van der Waals surface area contributed by atoms with E-state index in [4.69, 9.17) is 9.16 Å². The summed E-state index contributed by atoms with van der Waals surface area (Å²) in [5.74, 6) is 0.